The summed E-state index contributed by atoms with van der Waals surface area (Å²) in [5.74, 6) is 0.523. The van der Waals surface area contributed by atoms with Gasteiger partial charge in [-0.3, -0.25) is 4.79 Å². The second-order valence-electron chi connectivity index (χ2n) is 4.89. The lowest BCUT2D eigenvalue weighted by molar-refractivity contribution is -0.130. The highest BCUT2D eigenvalue weighted by molar-refractivity contribution is 5.85. The first kappa shape index (κ1) is 15.0. The maximum atomic E-state index is 11.7. The molecule has 100 valence electrons. The quantitative estimate of drug-likeness (QED) is 0.893. The Hall–Kier alpha value is -1.06. The molecular formula is C14H21ClN2O. The van der Waals surface area contributed by atoms with Gasteiger partial charge in [0.1, 0.15) is 0 Å². The largest absolute Gasteiger partial charge is 0.338 e. The van der Waals surface area contributed by atoms with E-state index < -0.39 is 0 Å². The number of likely N-dealkylation sites (tertiary alicyclic amines) is 1. The van der Waals surface area contributed by atoms with E-state index in [2.05, 4.69) is 38.1 Å². The fourth-order valence-electron chi connectivity index (χ4n) is 2.77. The molecule has 0 spiro atoms. The van der Waals surface area contributed by atoms with Crippen molar-refractivity contribution in [3.8, 4) is 0 Å². The maximum absolute atomic E-state index is 11.7. The molecule has 2 N–H and O–H groups in total. The highest BCUT2D eigenvalue weighted by atomic mass is 35.5. The summed E-state index contributed by atoms with van der Waals surface area (Å²) in [6.07, 6.45) is 1.04. The third-order valence-corrected chi connectivity index (χ3v) is 3.70. The van der Waals surface area contributed by atoms with E-state index in [1.54, 1.807) is 0 Å². The van der Waals surface area contributed by atoms with Gasteiger partial charge in [0.05, 0.1) is 6.54 Å². The molecule has 1 aliphatic rings. The summed E-state index contributed by atoms with van der Waals surface area (Å²) in [4.78, 5) is 13.6. The fraction of sp³-hybridized carbons (Fsp3) is 0.500. The third kappa shape index (κ3) is 2.85. The highest BCUT2D eigenvalue weighted by Crippen LogP contribution is 2.32. The molecule has 2 rings (SSSR count). The summed E-state index contributed by atoms with van der Waals surface area (Å²) in [7, 11) is 0. The molecule has 1 amide bonds. The number of carbonyl (C=O) groups excluding carboxylic acids is 1. The van der Waals surface area contributed by atoms with Crippen LogP contribution in [0.3, 0.4) is 0 Å². The number of nitrogens with zero attached hydrogens (tertiary/aromatic N) is 1. The van der Waals surface area contributed by atoms with Crippen molar-refractivity contribution in [1.29, 1.82) is 0 Å². The number of hydrogen-bond acceptors (Lipinski definition) is 2. The standard InChI is InChI=1S/C14H20N2O.ClH/c1-10-5-3-4-6-13(10)12-7-11(2)16(9-12)14(17)8-15;/h3-6,11-12H,7-9,15H2,1-2H3;1H. The Morgan fingerprint density at radius 1 is 1.44 bits per heavy atom. The first-order valence-corrected chi connectivity index (χ1v) is 6.18. The minimum atomic E-state index is 0. The topological polar surface area (TPSA) is 46.3 Å². The molecule has 3 nitrogen and oxygen atoms in total. The minimum Gasteiger partial charge on any atom is -0.338 e. The van der Waals surface area contributed by atoms with Crippen molar-refractivity contribution in [1.82, 2.24) is 4.90 Å². The van der Waals surface area contributed by atoms with Gasteiger partial charge in [0.2, 0.25) is 5.91 Å². The van der Waals surface area contributed by atoms with Crippen LogP contribution in [-0.4, -0.2) is 29.9 Å². The van der Waals surface area contributed by atoms with Crippen LogP contribution in [0.1, 0.15) is 30.4 Å². The summed E-state index contributed by atoms with van der Waals surface area (Å²) in [6, 6.07) is 8.73. The lowest BCUT2D eigenvalue weighted by atomic mass is 9.93. The number of benzene rings is 1. The van der Waals surface area contributed by atoms with E-state index in [1.807, 2.05) is 4.90 Å². The first-order valence-electron chi connectivity index (χ1n) is 6.18. The molecule has 0 radical (unpaired) electrons. The lowest BCUT2D eigenvalue weighted by Crippen LogP contribution is -2.38. The van der Waals surface area contributed by atoms with Crippen molar-refractivity contribution >= 4 is 18.3 Å². The first-order chi connectivity index (χ1) is 8.13. The monoisotopic (exact) mass is 268 g/mol. The second-order valence-corrected chi connectivity index (χ2v) is 4.89. The van der Waals surface area contributed by atoms with E-state index in [0.29, 0.717) is 12.0 Å². The van der Waals surface area contributed by atoms with E-state index in [9.17, 15) is 4.79 Å². The van der Waals surface area contributed by atoms with E-state index in [1.165, 1.54) is 11.1 Å². The van der Waals surface area contributed by atoms with Crippen molar-refractivity contribution in [2.24, 2.45) is 5.73 Å². The third-order valence-electron chi connectivity index (χ3n) is 3.70. The van der Waals surface area contributed by atoms with Gasteiger partial charge >= 0.3 is 0 Å². The molecule has 2 atom stereocenters. The highest BCUT2D eigenvalue weighted by Gasteiger charge is 2.32. The Morgan fingerprint density at radius 2 is 2.11 bits per heavy atom. The Kier molecular flexibility index (Phi) is 5.17. The van der Waals surface area contributed by atoms with Crippen molar-refractivity contribution in [3.63, 3.8) is 0 Å². The van der Waals surface area contributed by atoms with Gasteiger partial charge in [-0.15, -0.1) is 12.4 Å². The molecule has 1 fully saturated rings. The number of halogens is 1. The number of aryl methyl sites for hydroxylation is 1. The van der Waals surface area contributed by atoms with Crippen LogP contribution >= 0.6 is 12.4 Å². The molecule has 2 unspecified atom stereocenters. The summed E-state index contributed by atoms with van der Waals surface area (Å²) in [6.45, 7) is 5.16. The Bertz CT molecular complexity index is 422. The molecule has 1 aromatic rings. The van der Waals surface area contributed by atoms with Gasteiger partial charge < -0.3 is 10.6 Å². The van der Waals surface area contributed by atoms with Gasteiger partial charge in [-0.2, -0.15) is 0 Å². The van der Waals surface area contributed by atoms with Crippen LogP contribution in [0.5, 0.6) is 0 Å². The SMILES string of the molecule is Cc1ccccc1C1CC(C)N(C(=O)CN)C1.Cl. The Morgan fingerprint density at radius 3 is 2.72 bits per heavy atom. The summed E-state index contributed by atoms with van der Waals surface area (Å²) in [5.41, 5.74) is 8.12. The van der Waals surface area contributed by atoms with Crippen molar-refractivity contribution in [2.75, 3.05) is 13.1 Å². The van der Waals surface area contributed by atoms with Gasteiger partial charge in [0, 0.05) is 18.5 Å². The van der Waals surface area contributed by atoms with Crippen LogP contribution in [0.2, 0.25) is 0 Å². The zero-order valence-corrected chi connectivity index (χ0v) is 11.7. The van der Waals surface area contributed by atoms with E-state index in [4.69, 9.17) is 5.73 Å². The van der Waals surface area contributed by atoms with Crippen molar-refractivity contribution in [3.05, 3.63) is 35.4 Å². The van der Waals surface area contributed by atoms with Gasteiger partial charge in [-0.05, 0) is 31.4 Å². The van der Waals surface area contributed by atoms with E-state index in [0.717, 1.165) is 13.0 Å². The lowest BCUT2D eigenvalue weighted by Gasteiger charge is -2.20. The number of nitrogens with two attached hydrogens (primary N) is 1. The molecule has 0 bridgehead atoms. The van der Waals surface area contributed by atoms with Crippen LogP contribution in [0.4, 0.5) is 0 Å². The second kappa shape index (κ2) is 6.21. The number of hydrogen-bond donors (Lipinski definition) is 1. The smallest absolute Gasteiger partial charge is 0.236 e. The zero-order valence-electron chi connectivity index (χ0n) is 10.9. The maximum Gasteiger partial charge on any atom is 0.236 e. The molecule has 4 heteroatoms. The molecule has 0 saturated carbocycles. The van der Waals surface area contributed by atoms with Gasteiger partial charge in [0.15, 0.2) is 0 Å². The summed E-state index contributed by atoms with van der Waals surface area (Å²) in [5, 5.41) is 0. The fourth-order valence-corrected chi connectivity index (χ4v) is 2.77. The molecule has 0 aliphatic carbocycles. The molecule has 18 heavy (non-hydrogen) atoms. The molecular weight excluding hydrogens is 248 g/mol. The van der Waals surface area contributed by atoms with Crippen LogP contribution in [0, 0.1) is 6.92 Å². The Balaban J connectivity index is 0.00000162. The number of amides is 1. The van der Waals surface area contributed by atoms with Crippen LogP contribution in [0.25, 0.3) is 0 Å². The Labute approximate surface area is 115 Å². The molecule has 1 saturated heterocycles. The minimum absolute atomic E-state index is 0. The van der Waals surface area contributed by atoms with E-state index >= 15 is 0 Å². The zero-order chi connectivity index (χ0) is 12.4. The molecule has 0 aromatic heterocycles. The summed E-state index contributed by atoms with van der Waals surface area (Å²) < 4.78 is 0. The van der Waals surface area contributed by atoms with Crippen molar-refractivity contribution in [2.45, 2.75) is 32.2 Å². The average Bonchev–Trinajstić information content (AvgIpc) is 2.71. The molecule has 1 aliphatic heterocycles. The van der Waals surface area contributed by atoms with Gasteiger partial charge in [0.25, 0.3) is 0 Å². The normalized spacial score (nSPS) is 22.7. The summed E-state index contributed by atoms with van der Waals surface area (Å²) >= 11 is 0. The predicted molar refractivity (Wildman–Crippen MR) is 76.0 cm³/mol. The van der Waals surface area contributed by atoms with Gasteiger partial charge in [-0.1, -0.05) is 24.3 Å². The predicted octanol–water partition coefficient (Wildman–Crippen LogP) is 2.08. The van der Waals surface area contributed by atoms with E-state index in [-0.39, 0.29) is 24.9 Å². The number of rotatable bonds is 2. The molecule has 1 heterocycles. The van der Waals surface area contributed by atoms with Crippen LogP contribution in [-0.2, 0) is 4.79 Å². The average molecular weight is 269 g/mol. The molecule has 1 aromatic carbocycles. The van der Waals surface area contributed by atoms with Crippen LogP contribution < -0.4 is 5.73 Å². The van der Waals surface area contributed by atoms with Gasteiger partial charge in [-0.25, -0.2) is 0 Å². The van der Waals surface area contributed by atoms with Crippen molar-refractivity contribution < 1.29 is 4.79 Å². The number of carbonyl (C=O) groups is 1. The van der Waals surface area contributed by atoms with Crippen LogP contribution in [0.15, 0.2) is 24.3 Å².